The van der Waals surface area contributed by atoms with E-state index in [-0.39, 0.29) is 5.57 Å². The van der Waals surface area contributed by atoms with Gasteiger partial charge in [-0.05, 0) is 25.1 Å². The van der Waals surface area contributed by atoms with Gasteiger partial charge < -0.3 is 14.5 Å². The Bertz CT molecular complexity index is 706. The van der Waals surface area contributed by atoms with Crippen molar-refractivity contribution in [2.45, 2.75) is 6.92 Å². The molecule has 5 nitrogen and oxygen atoms in total. The molecule has 5 heteroatoms. The summed E-state index contributed by atoms with van der Waals surface area (Å²) in [5, 5.41) is 11.8. The first-order valence-corrected chi connectivity index (χ1v) is 6.26. The van der Waals surface area contributed by atoms with Gasteiger partial charge >= 0.3 is 0 Å². The quantitative estimate of drug-likeness (QED) is 0.690. The summed E-state index contributed by atoms with van der Waals surface area (Å²) < 4.78 is 10.1. The SMILES string of the molecule is COc1ccc(/C=C(\C#N)C(=O)Nc2ccc(C)cc2)o1. The minimum Gasteiger partial charge on any atom is -0.468 e. The Morgan fingerprint density at radius 3 is 2.57 bits per heavy atom. The Labute approximate surface area is 122 Å². The van der Waals surface area contributed by atoms with Gasteiger partial charge in [0.05, 0.1) is 7.11 Å². The van der Waals surface area contributed by atoms with Gasteiger partial charge in [-0.15, -0.1) is 0 Å². The van der Waals surface area contributed by atoms with Crippen molar-refractivity contribution in [2.24, 2.45) is 0 Å². The number of rotatable bonds is 4. The maximum Gasteiger partial charge on any atom is 0.284 e. The van der Waals surface area contributed by atoms with Crippen LogP contribution >= 0.6 is 0 Å². The molecule has 2 rings (SSSR count). The van der Waals surface area contributed by atoms with Gasteiger partial charge in [-0.2, -0.15) is 5.26 Å². The predicted octanol–water partition coefficient (Wildman–Crippen LogP) is 3.14. The number of methoxy groups -OCH3 is 1. The van der Waals surface area contributed by atoms with E-state index in [1.54, 1.807) is 24.3 Å². The lowest BCUT2D eigenvalue weighted by atomic mass is 10.2. The van der Waals surface area contributed by atoms with Gasteiger partial charge in [-0.3, -0.25) is 4.79 Å². The number of furan rings is 1. The van der Waals surface area contributed by atoms with E-state index in [1.807, 2.05) is 25.1 Å². The van der Waals surface area contributed by atoms with E-state index in [9.17, 15) is 4.79 Å². The third kappa shape index (κ3) is 3.74. The van der Waals surface area contributed by atoms with E-state index in [2.05, 4.69) is 5.32 Å². The summed E-state index contributed by atoms with van der Waals surface area (Å²) in [6.07, 6.45) is 1.37. The summed E-state index contributed by atoms with van der Waals surface area (Å²) >= 11 is 0. The van der Waals surface area contributed by atoms with Crippen molar-refractivity contribution < 1.29 is 13.9 Å². The first-order chi connectivity index (χ1) is 10.1. The van der Waals surface area contributed by atoms with Crippen LogP contribution in [0.2, 0.25) is 0 Å². The molecule has 21 heavy (non-hydrogen) atoms. The molecule has 0 radical (unpaired) electrons. The van der Waals surface area contributed by atoms with Crippen LogP contribution in [0.4, 0.5) is 5.69 Å². The smallest absolute Gasteiger partial charge is 0.284 e. The maximum atomic E-state index is 12.0. The number of aryl methyl sites for hydroxylation is 1. The van der Waals surface area contributed by atoms with Gasteiger partial charge in [0.15, 0.2) is 0 Å². The summed E-state index contributed by atoms with van der Waals surface area (Å²) in [4.78, 5) is 12.0. The molecule has 0 bridgehead atoms. The zero-order chi connectivity index (χ0) is 15.2. The van der Waals surface area contributed by atoms with Crippen LogP contribution in [0.25, 0.3) is 6.08 Å². The fraction of sp³-hybridized carbons (Fsp3) is 0.125. The minimum atomic E-state index is -0.489. The van der Waals surface area contributed by atoms with Gasteiger partial charge in [0, 0.05) is 17.8 Å². The standard InChI is InChI=1S/C16H14N2O3/c1-11-3-5-13(6-4-11)18-16(19)12(10-17)9-14-7-8-15(20-2)21-14/h3-9H,1-2H3,(H,18,19)/b12-9+. The third-order valence-electron chi connectivity index (χ3n) is 2.76. The fourth-order valence-electron chi connectivity index (χ4n) is 1.65. The summed E-state index contributed by atoms with van der Waals surface area (Å²) in [7, 11) is 1.47. The van der Waals surface area contributed by atoms with Gasteiger partial charge in [-0.25, -0.2) is 0 Å². The van der Waals surface area contributed by atoms with Crippen LogP contribution in [-0.2, 0) is 4.79 Å². The summed E-state index contributed by atoms with van der Waals surface area (Å²) in [5.41, 5.74) is 1.67. The Morgan fingerprint density at radius 1 is 1.29 bits per heavy atom. The molecule has 0 aliphatic heterocycles. The van der Waals surface area contributed by atoms with E-state index >= 15 is 0 Å². The topological polar surface area (TPSA) is 75.3 Å². The first-order valence-electron chi connectivity index (χ1n) is 6.26. The first kappa shape index (κ1) is 14.4. The van der Waals surface area contributed by atoms with Gasteiger partial charge in [-0.1, -0.05) is 17.7 Å². The molecule has 0 saturated carbocycles. The Kier molecular flexibility index (Phi) is 4.42. The van der Waals surface area contributed by atoms with Crippen LogP contribution < -0.4 is 10.1 Å². The van der Waals surface area contributed by atoms with E-state index in [1.165, 1.54) is 13.2 Å². The van der Waals surface area contributed by atoms with Crippen molar-refractivity contribution in [3.8, 4) is 12.0 Å². The lowest BCUT2D eigenvalue weighted by molar-refractivity contribution is -0.112. The number of anilines is 1. The molecule has 1 N–H and O–H groups in total. The maximum absolute atomic E-state index is 12.0. The lowest BCUT2D eigenvalue weighted by Gasteiger charge is -2.04. The number of benzene rings is 1. The molecule has 106 valence electrons. The third-order valence-corrected chi connectivity index (χ3v) is 2.76. The molecule has 0 fully saturated rings. The summed E-state index contributed by atoms with van der Waals surface area (Å²) in [5.74, 6) is 0.205. The van der Waals surface area contributed by atoms with Crippen LogP contribution in [0.5, 0.6) is 5.95 Å². The number of ether oxygens (including phenoxy) is 1. The number of nitrogens with zero attached hydrogens (tertiary/aromatic N) is 1. The van der Waals surface area contributed by atoms with E-state index in [0.717, 1.165) is 5.56 Å². The van der Waals surface area contributed by atoms with E-state index in [0.29, 0.717) is 17.4 Å². The summed E-state index contributed by atoms with van der Waals surface area (Å²) in [6.45, 7) is 1.95. The van der Waals surface area contributed by atoms with E-state index < -0.39 is 5.91 Å². The molecule has 0 spiro atoms. The second-order valence-electron chi connectivity index (χ2n) is 4.35. The number of carbonyl (C=O) groups is 1. The molecule has 2 aromatic rings. The molecule has 0 saturated heterocycles. The fourth-order valence-corrected chi connectivity index (χ4v) is 1.65. The molecular formula is C16H14N2O3. The highest BCUT2D eigenvalue weighted by Crippen LogP contribution is 2.18. The number of carbonyl (C=O) groups excluding carboxylic acids is 1. The number of hydrogen-bond donors (Lipinski definition) is 1. The van der Waals surface area contributed by atoms with Crippen molar-refractivity contribution in [2.75, 3.05) is 12.4 Å². The van der Waals surface area contributed by atoms with Gasteiger partial charge in [0.1, 0.15) is 17.4 Å². The van der Waals surface area contributed by atoms with Crippen LogP contribution in [0.1, 0.15) is 11.3 Å². The zero-order valence-electron chi connectivity index (χ0n) is 11.7. The van der Waals surface area contributed by atoms with Crippen molar-refractivity contribution in [1.82, 2.24) is 0 Å². The van der Waals surface area contributed by atoms with Gasteiger partial charge in [0.25, 0.3) is 11.9 Å². The molecule has 1 amide bonds. The number of amides is 1. The van der Waals surface area contributed by atoms with E-state index in [4.69, 9.17) is 14.4 Å². The molecule has 1 heterocycles. The van der Waals surface area contributed by atoms with Crippen LogP contribution in [-0.4, -0.2) is 13.0 Å². The molecule has 0 aliphatic carbocycles. The average Bonchev–Trinajstić information content (AvgIpc) is 2.94. The Hall–Kier alpha value is -3.00. The number of nitrogens with one attached hydrogen (secondary N) is 1. The Balaban J connectivity index is 2.15. The Morgan fingerprint density at radius 2 is 2.00 bits per heavy atom. The molecule has 1 aromatic carbocycles. The molecule has 0 unspecified atom stereocenters. The zero-order valence-corrected chi connectivity index (χ0v) is 11.7. The van der Waals surface area contributed by atoms with Gasteiger partial charge in [0.2, 0.25) is 0 Å². The average molecular weight is 282 g/mol. The molecule has 1 aromatic heterocycles. The lowest BCUT2D eigenvalue weighted by Crippen LogP contribution is -2.13. The largest absolute Gasteiger partial charge is 0.468 e. The normalized spacial score (nSPS) is 10.8. The molecular weight excluding hydrogens is 268 g/mol. The van der Waals surface area contributed by atoms with Crippen LogP contribution in [0, 0.1) is 18.3 Å². The molecule has 0 atom stereocenters. The monoisotopic (exact) mass is 282 g/mol. The number of hydrogen-bond acceptors (Lipinski definition) is 4. The van der Waals surface area contributed by atoms with Crippen molar-refractivity contribution in [1.29, 1.82) is 5.26 Å². The van der Waals surface area contributed by atoms with Crippen LogP contribution in [0.15, 0.2) is 46.4 Å². The second kappa shape index (κ2) is 6.44. The number of nitriles is 1. The van der Waals surface area contributed by atoms with Crippen molar-refractivity contribution in [3.05, 3.63) is 53.3 Å². The predicted molar refractivity (Wildman–Crippen MR) is 78.7 cm³/mol. The van der Waals surface area contributed by atoms with Crippen LogP contribution in [0.3, 0.4) is 0 Å². The highest BCUT2D eigenvalue weighted by molar-refractivity contribution is 6.09. The molecule has 0 aliphatic rings. The second-order valence-corrected chi connectivity index (χ2v) is 4.35. The van der Waals surface area contributed by atoms with Crippen molar-refractivity contribution >= 4 is 17.7 Å². The highest BCUT2D eigenvalue weighted by atomic mass is 16.6. The highest BCUT2D eigenvalue weighted by Gasteiger charge is 2.11. The summed E-state index contributed by atoms with van der Waals surface area (Å²) in [6, 6.07) is 12.4. The van der Waals surface area contributed by atoms with Crippen molar-refractivity contribution in [3.63, 3.8) is 0 Å². The minimum absolute atomic E-state index is 0.0485.